The molecule has 3 amide bonds. The molecule has 2 N–H and O–H groups in total. The number of fused-ring (bicyclic) bond motifs is 2. The van der Waals surface area contributed by atoms with Crippen molar-refractivity contribution in [3.8, 4) is 5.75 Å². The number of imide groups is 1. The second-order valence-corrected chi connectivity index (χ2v) is 11.7. The minimum absolute atomic E-state index is 0.0208. The van der Waals surface area contributed by atoms with Gasteiger partial charge in [0.05, 0.1) is 21.6 Å². The number of thioether (sulfide) groups is 1. The summed E-state index contributed by atoms with van der Waals surface area (Å²) in [6, 6.07) is 16.3. The smallest absolute Gasteiger partial charge is 0.308 e. The number of benzene rings is 3. The van der Waals surface area contributed by atoms with Gasteiger partial charge in [0, 0.05) is 28.6 Å². The lowest BCUT2D eigenvalue weighted by Crippen LogP contribution is -2.33. The lowest BCUT2D eigenvalue weighted by Gasteiger charge is -2.30. The maximum atomic E-state index is 13.9. The van der Waals surface area contributed by atoms with Crippen molar-refractivity contribution in [1.29, 1.82) is 0 Å². The van der Waals surface area contributed by atoms with Crippen LogP contribution >= 0.6 is 23.1 Å². The molecule has 4 aromatic rings. The van der Waals surface area contributed by atoms with Crippen LogP contribution in [0, 0.1) is 21.8 Å². The number of nitrogens with zero attached hydrogens (tertiary/aromatic N) is 3. The Hall–Kier alpha value is -4.82. The quantitative estimate of drug-likeness (QED) is 0.144. The third kappa shape index (κ3) is 4.73. The average Bonchev–Trinajstić information content (AvgIpc) is 3.41. The standard InChI is InChI=1S/C28H19FN4O7S2/c29-15-3-1-14(2-4-15)21-22-23(26(37)32(25(22)36)17-7-9-18(10-8-17)33(39)40)41-27-24(21)42-28(38)31(27)13-20(35)30-16-5-11-19(34)12-6-16/h1-12,21-23,34H,13H2,(H,30,35)/t21-,22-,23+/m0/s1. The monoisotopic (exact) mass is 606 g/mol. The van der Waals surface area contributed by atoms with E-state index < -0.39 is 50.4 Å². The Morgan fingerprint density at radius 2 is 1.64 bits per heavy atom. The van der Waals surface area contributed by atoms with Gasteiger partial charge < -0.3 is 10.4 Å². The van der Waals surface area contributed by atoms with E-state index in [1.165, 1.54) is 77.4 Å². The molecule has 0 aliphatic carbocycles. The number of amides is 3. The Morgan fingerprint density at radius 3 is 2.29 bits per heavy atom. The molecule has 3 heterocycles. The molecule has 3 aromatic carbocycles. The Labute approximate surface area is 244 Å². The molecule has 0 unspecified atom stereocenters. The van der Waals surface area contributed by atoms with Gasteiger partial charge in [-0.3, -0.25) is 33.9 Å². The number of halogens is 1. The average molecular weight is 607 g/mol. The highest BCUT2D eigenvalue weighted by Crippen LogP contribution is 2.53. The number of phenolic OH excluding ortho intramolecular Hbond substituents is 1. The largest absolute Gasteiger partial charge is 0.508 e. The molecular weight excluding hydrogens is 587 g/mol. The predicted molar refractivity (Wildman–Crippen MR) is 152 cm³/mol. The number of rotatable bonds is 6. The second-order valence-electron chi connectivity index (χ2n) is 9.60. The highest BCUT2D eigenvalue weighted by molar-refractivity contribution is 8.00. The van der Waals surface area contributed by atoms with E-state index >= 15 is 0 Å². The van der Waals surface area contributed by atoms with Crippen LogP contribution in [-0.4, -0.2) is 37.6 Å². The Morgan fingerprint density at radius 1 is 0.976 bits per heavy atom. The van der Waals surface area contributed by atoms with E-state index in [0.29, 0.717) is 21.2 Å². The van der Waals surface area contributed by atoms with Crippen molar-refractivity contribution in [3.05, 3.63) is 109 Å². The third-order valence-electron chi connectivity index (χ3n) is 7.05. The van der Waals surface area contributed by atoms with Crippen LogP contribution in [0.5, 0.6) is 5.75 Å². The summed E-state index contributed by atoms with van der Waals surface area (Å²) in [5.74, 6) is -3.86. The number of phenols is 1. The first-order valence-corrected chi connectivity index (χ1v) is 14.2. The highest BCUT2D eigenvalue weighted by Gasteiger charge is 2.56. The van der Waals surface area contributed by atoms with Crippen LogP contribution in [0.1, 0.15) is 16.4 Å². The zero-order valence-electron chi connectivity index (χ0n) is 21.3. The van der Waals surface area contributed by atoms with Crippen molar-refractivity contribution >= 4 is 57.9 Å². The van der Waals surface area contributed by atoms with Gasteiger partial charge in [-0.25, -0.2) is 9.29 Å². The molecule has 2 aliphatic rings. The molecule has 0 spiro atoms. The zero-order chi connectivity index (χ0) is 29.7. The third-order valence-corrected chi connectivity index (χ3v) is 9.65. The molecule has 0 bridgehead atoms. The fraction of sp³-hybridized carbons (Fsp3) is 0.143. The maximum absolute atomic E-state index is 13.9. The first-order chi connectivity index (χ1) is 20.1. The molecule has 11 nitrogen and oxygen atoms in total. The molecule has 1 saturated heterocycles. The van der Waals surface area contributed by atoms with Crippen molar-refractivity contribution in [1.82, 2.24) is 4.57 Å². The fourth-order valence-corrected chi connectivity index (χ4v) is 7.92. The van der Waals surface area contributed by atoms with Gasteiger partial charge in [0.25, 0.3) is 5.69 Å². The summed E-state index contributed by atoms with van der Waals surface area (Å²) in [6.07, 6.45) is 0. The van der Waals surface area contributed by atoms with E-state index in [0.717, 1.165) is 28.0 Å². The predicted octanol–water partition coefficient (Wildman–Crippen LogP) is 4.10. The van der Waals surface area contributed by atoms with Crippen LogP contribution in [0.4, 0.5) is 21.5 Å². The van der Waals surface area contributed by atoms with Gasteiger partial charge in [0.15, 0.2) is 0 Å². The van der Waals surface area contributed by atoms with Gasteiger partial charge in [0.1, 0.15) is 23.4 Å². The van der Waals surface area contributed by atoms with E-state index in [4.69, 9.17) is 0 Å². The molecular formula is C28H19FN4O7S2. The molecule has 14 heteroatoms. The minimum Gasteiger partial charge on any atom is -0.508 e. The van der Waals surface area contributed by atoms with Gasteiger partial charge in [-0.05, 0) is 54.1 Å². The Balaban J connectivity index is 1.39. The lowest BCUT2D eigenvalue weighted by molar-refractivity contribution is -0.384. The van der Waals surface area contributed by atoms with Crippen LogP contribution in [-0.2, 0) is 20.9 Å². The molecule has 6 rings (SSSR count). The topological polar surface area (TPSA) is 152 Å². The number of hydrogen-bond acceptors (Lipinski definition) is 9. The molecule has 2 aliphatic heterocycles. The van der Waals surface area contributed by atoms with Crippen LogP contribution in [0.3, 0.4) is 0 Å². The van der Waals surface area contributed by atoms with E-state index in [1.54, 1.807) is 0 Å². The first kappa shape index (κ1) is 27.4. The number of hydrogen-bond donors (Lipinski definition) is 2. The summed E-state index contributed by atoms with van der Waals surface area (Å²) in [5.41, 5.74) is 0.881. The summed E-state index contributed by atoms with van der Waals surface area (Å²) >= 11 is 1.86. The van der Waals surface area contributed by atoms with Crippen molar-refractivity contribution in [2.24, 2.45) is 5.92 Å². The fourth-order valence-electron chi connectivity index (χ4n) is 5.15. The molecule has 3 atom stereocenters. The molecule has 42 heavy (non-hydrogen) atoms. The van der Waals surface area contributed by atoms with Crippen molar-refractivity contribution in [2.45, 2.75) is 22.7 Å². The molecule has 1 aromatic heterocycles. The van der Waals surface area contributed by atoms with Crippen LogP contribution in [0.2, 0.25) is 0 Å². The SMILES string of the molecule is O=C(Cn1c2c(sc1=O)[C@@H](c1ccc(F)cc1)[C@@H]1C(=O)N(c3ccc([N+](=O)[O-])cc3)C(=O)[C@@H]1S2)Nc1ccc(O)cc1. The van der Waals surface area contributed by atoms with E-state index in [-0.39, 0.29) is 23.7 Å². The van der Waals surface area contributed by atoms with Crippen molar-refractivity contribution in [2.75, 3.05) is 10.2 Å². The maximum Gasteiger partial charge on any atom is 0.308 e. The number of anilines is 2. The Kier molecular flexibility index (Phi) is 6.86. The summed E-state index contributed by atoms with van der Waals surface area (Å²) < 4.78 is 15.1. The normalized spacial score (nSPS) is 19.4. The lowest BCUT2D eigenvalue weighted by atomic mass is 9.83. The number of nitrogens with one attached hydrogen (secondary N) is 1. The first-order valence-electron chi connectivity index (χ1n) is 12.5. The highest BCUT2D eigenvalue weighted by atomic mass is 32.2. The summed E-state index contributed by atoms with van der Waals surface area (Å²) in [6.45, 7) is -0.375. The minimum atomic E-state index is -0.976. The van der Waals surface area contributed by atoms with Gasteiger partial charge in [0.2, 0.25) is 17.7 Å². The molecule has 212 valence electrons. The summed E-state index contributed by atoms with van der Waals surface area (Å²) in [4.78, 5) is 65.2. The van der Waals surface area contributed by atoms with Crippen LogP contribution < -0.4 is 15.1 Å². The summed E-state index contributed by atoms with van der Waals surface area (Å²) in [7, 11) is 0. The Bertz CT molecular complexity index is 1800. The van der Waals surface area contributed by atoms with Gasteiger partial charge in [-0.2, -0.15) is 0 Å². The molecule has 1 fully saturated rings. The van der Waals surface area contributed by atoms with Gasteiger partial charge in [-0.15, -0.1) is 0 Å². The summed E-state index contributed by atoms with van der Waals surface area (Å²) in [5, 5.41) is 22.6. The van der Waals surface area contributed by atoms with E-state index in [1.807, 2.05) is 0 Å². The number of aromatic nitrogens is 1. The number of non-ortho nitro benzene ring substituents is 1. The van der Waals surface area contributed by atoms with Gasteiger partial charge in [-0.1, -0.05) is 35.2 Å². The number of aromatic hydroxyl groups is 1. The number of nitro benzene ring substituents is 1. The number of carbonyl (C=O) groups excluding carboxylic acids is 3. The van der Waals surface area contributed by atoms with Crippen LogP contribution in [0.15, 0.2) is 82.6 Å². The number of carbonyl (C=O) groups is 3. The van der Waals surface area contributed by atoms with Crippen molar-refractivity contribution < 1.29 is 28.8 Å². The van der Waals surface area contributed by atoms with Crippen LogP contribution in [0.25, 0.3) is 0 Å². The molecule has 0 saturated carbocycles. The molecule has 0 radical (unpaired) electrons. The van der Waals surface area contributed by atoms with Gasteiger partial charge >= 0.3 is 4.87 Å². The van der Waals surface area contributed by atoms with E-state index in [9.17, 15) is 38.8 Å². The van der Waals surface area contributed by atoms with Crippen molar-refractivity contribution in [3.63, 3.8) is 0 Å². The van der Waals surface area contributed by atoms with E-state index in [2.05, 4.69) is 5.32 Å². The zero-order valence-corrected chi connectivity index (χ0v) is 22.9. The number of thiazole rings is 1. The number of nitro groups is 1. The second kappa shape index (κ2) is 10.5.